The molecule has 0 saturated heterocycles. The van der Waals surface area contributed by atoms with Gasteiger partial charge in [-0.05, 0) is 29.0 Å². The summed E-state index contributed by atoms with van der Waals surface area (Å²) in [5.74, 6) is 3.81. The van der Waals surface area contributed by atoms with Crippen molar-refractivity contribution in [2.45, 2.75) is 13.8 Å². The Morgan fingerprint density at radius 2 is 1.60 bits per heavy atom. The standard InChI is InChI=1S/C20H21N3S2/c1-3-24-15-18(25-4-2)20-22-21-19(16-11-7-5-8-12-16)23(20)17-13-9-6-10-14-17/h5-15H,3-4H2,1-2H3. The van der Waals surface area contributed by atoms with Gasteiger partial charge in [-0.15, -0.1) is 33.7 Å². The summed E-state index contributed by atoms with van der Waals surface area (Å²) in [5, 5.41) is 11.3. The van der Waals surface area contributed by atoms with Crippen LogP contribution >= 0.6 is 23.5 Å². The van der Waals surface area contributed by atoms with E-state index in [1.54, 1.807) is 23.5 Å². The Balaban J connectivity index is 2.18. The van der Waals surface area contributed by atoms with E-state index in [0.29, 0.717) is 0 Å². The molecule has 3 aromatic rings. The average molecular weight is 368 g/mol. The largest absolute Gasteiger partial charge is 0.275 e. The zero-order valence-electron chi connectivity index (χ0n) is 14.4. The zero-order chi connectivity index (χ0) is 17.5. The van der Waals surface area contributed by atoms with Crippen molar-refractivity contribution in [2.24, 2.45) is 0 Å². The first-order valence-electron chi connectivity index (χ1n) is 8.36. The molecule has 0 spiro atoms. The third-order valence-electron chi connectivity index (χ3n) is 3.59. The van der Waals surface area contributed by atoms with E-state index in [0.717, 1.165) is 39.3 Å². The van der Waals surface area contributed by atoms with E-state index in [-0.39, 0.29) is 0 Å². The molecule has 0 unspecified atom stereocenters. The fraction of sp³-hybridized carbons (Fsp3) is 0.200. The number of benzene rings is 2. The van der Waals surface area contributed by atoms with E-state index < -0.39 is 0 Å². The molecule has 2 aromatic carbocycles. The van der Waals surface area contributed by atoms with E-state index in [4.69, 9.17) is 0 Å². The van der Waals surface area contributed by atoms with Crippen LogP contribution < -0.4 is 0 Å². The van der Waals surface area contributed by atoms with Crippen molar-refractivity contribution in [3.8, 4) is 17.1 Å². The lowest BCUT2D eigenvalue weighted by atomic mass is 10.2. The summed E-state index contributed by atoms with van der Waals surface area (Å²) < 4.78 is 2.15. The third-order valence-corrected chi connectivity index (χ3v) is 5.37. The van der Waals surface area contributed by atoms with Crippen molar-refractivity contribution in [3.63, 3.8) is 0 Å². The molecular formula is C20H21N3S2. The molecule has 0 aliphatic rings. The predicted octanol–water partition coefficient (Wildman–Crippen LogP) is 5.74. The summed E-state index contributed by atoms with van der Waals surface area (Å²) in [5.41, 5.74) is 2.14. The Labute approximate surface area is 157 Å². The topological polar surface area (TPSA) is 30.7 Å². The van der Waals surface area contributed by atoms with Crippen molar-refractivity contribution >= 4 is 28.4 Å². The minimum atomic E-state index is 0.867. The van der Waals surface area contributed by atoms with Crippen molar-refractivity contribution < 1.29 is 0 Å². The Kier molecular flexibility index (Phi) is 6.36. The first kappa shape index (κ1) is 17.8. The van der Waals surface area contributed by atoms with Crippen molar-refractivity contribution in [2.75, 3.05) is 11.5 Å². The second-order valence-electron chi connectivity index (χ2n) is 5.25. The molecule has 0 atom stereocenters. The second kappa shape index (κ2) is 8.92. The van der Waals surface area contributed by atoms with E-state index in [2.05, 4.69) is 58.3 Å². The molecule has 3 nitrogen and oxygen atoms in total. The fourth-order valence-electron chi connectivity index (χ4n) is 2.51. The van der Waals surface area contributed by atoms with Gasteiger partial charge in [0.15, 0.2) is 11.6 Å². The molecule has 1 heterocycles. The maximum Gasteiger partial charge on any atom is 0.175 e. The molecule has 0 aliphatic carbocycles. The van der Waals surface area contributed by atoms with Gasteiger partial charge in [0, 0.05) is 11.3 Å². The van der Waals surface area contributed by atoms with E-state index in [1.807, 2.05) is 36.4 Å². The van der Waals surface area contributed by atoms with Gasteiger partial charge in [-0.1, -0.05) is 62.4 Å². The SMILES string of the molecule is CCSC=C(SCC)c1nnc(-c2ccccc2)n1-c1ccccc1. The molecule has 0 aliphatic heterocycles. The number of rotatable bonds is 7. The molecule has 0 fully saturated rings. The van der Waals surface area contributed by atoms with Crippen molar-refractivity contribution in [1.82, 2.24) is 14.8 Å². The molecule has 5 heteroatoms. The van der Waals surface area contributed by atoms with Crippen LogP contribution in [0.2, 0.25) is 0 Å². The van der Waals surface area contributed by atoms with Gasteiger partial charge < -0.3 is 0 Å². The van der Waals surface area contributed by atoms with E-state index >= 15 is 0 Å². The van der Waals surface area contributed by atoms with Gasteiger partial charge >= 0.3 is 0 Å². The lowest BCUT2D eigenvalue weighted by molar-refractivity contribution is 1.03. The van der Waals surface area contributed by atoms with Crippen LogP contribution in [0.1, 0.15) is 19.7 Å². The quantitative estimate of drug-likeness (QED) is 0.533. The Bertz CT molecular complexity index is 827. The number of hydrogen-bond donors (Lipinski definition) is 0. The van der Waals surface area contributed by atoms with Crippen LogP contribution in [0.3, 0.4) is 0 Å². The highest BCUT2D eigenvalue weighted by Crippen LogP contribution is 2.33. The van der Waals surface area contributed by atoms with Gasteiger partial charge in [-0.3, -0.25) is 4.57 Å². The normalized spacial score (nSPS) is 11.7. The van der Waals surface area contributed by atoms with Crippen LogP contribution in [0.4, 0.5) is 0 Å². The number of para-hydroxylation sites is 1. The summed E-state index contributed by atoms with van der Waals surface area (Å²) in [7, 11) is 0. The summed E-state index contributed by atoms with van der Waals surface area (Å²) in [6.45, 7) is 4.32. The van der Waals surface area contributed by atoms with Crippen molar-refractivity contribution in [1.29, 1.82) is 0 Å². The summed E-state index contributed by atoms with van der Waals surface area (Å²) >= 11 is 3.60. The third kappa shape index (κ3) is 4.17. The Hall–Kier alpha value is -1.98. The first-order valence-corrected chi connectivity index (χ1v) is 10.4. The van der Waals surface area contributed by atoms with Gasteiger partial charge in [0.2, 0.25) is 0 Å². The summed E-state index contributed by atoms with van der Waals surface area (Å²) in [6, 6.07) is 20.5. The molecule has 0 saturated carbocycles. The van der Waals surface area contributed by atoms with Crippen LogP contribution in [0.5, 0.6) is 0 Å². The molecule has 25 heavy (non-hydrogen) atoms. The van der Waals surface area contributed by atoms with Gasteiger partial charge in [-0.2, -0.15) is 0 Å². The highest BCUT2D eigenvalue weighted by atomic mass is 32.2. The smallest absolute Gasteiger partial charge is 0.175 e. The Morgan fingerprint density at radius 3 is 2.24 bits per heavy atom. The minimum absolute atomic E-state index is 0.867. The summed E-state index contributed by atoms with van der Waals surface area (Å²) in [6.07, 6.45) is 0. The molecule has 1 aromatic heterocycles. The number of aromatic nitrogens is 3. The first-order chi connectivity index (χ1) is 12.3. The molecule has 0 radical (unpaired) electrons. The molecule has 0 N–H and O–H groups in total. The molecule has 0 amide bonds. The van der Waals surface area contributed by atoms with Crippen LogP contribution in [-0.2, 0) is 0 Å². The maximum atomic E-state index is 4.55. The Morgan fingerprint density at radius 1 is 0.920 bits per heavy atom. The van der Waals surface area contributed by atoms with Crippen molar-refractivity contribution in [3.05, 3.63) is 71.9 Å². The van der Waals surface area contributed by atoms with Crippen LogP contribution in [0.25, 0.3) is 22.0 Å². The lowest BCUT2D eigenvalue weighted by Gasteiger charge is -2.12. The lowest BCUT2D eigenvalue weighted by Crippen LogP contribution is -2.02. The van der Waals surface area contributed by atoms with Crippen LogP contribution in [0, 0.1) is 0 Å². The molecule has 0 bridgehead atoms. The number of thioether (sulfide) groups is 2. The maximum absolute atomic E-state index is 4.55. The molecule has 128 valence electrons. The minimum Gasteiger partial charge on any atom is -0.275 e. The highest BCUT2D eigenvalue weighted by molar-refractivity contribution is 8.10. The van der Waals surface area contributed by atoms with Gasteiger partial charge in [-0.25, -0.2) is 0 Å². The fourth-order valence-corrected chi connectivity index (χ4v) is 3.98. The van der Waals surface area contributed by atoms with Crippen LogP contribution in [0.15, 0.2) is 66.1 Å². The molecular weight excluding hydrogens is 346 g/mol. The predicted molar refractivity (Wildman–Crippen MR) is 111 cm³/mol. The number of hydrogen-bond acceptors (Lipinski definition) is 4. The second-order valence-corrected chi connectivity index (χ2v) is 7.71. The van der Waals surface area contributed by atoms with Gasteiger partial charge in [0.05, 0.1) is 4.91 Å². The van der Waals surface area contributed by atoms with Crippen LogP contribution in [-0.4, -0.2) is 26.3 Å². The summed E-state index contributed by atoms with van der Waals surface area (Å²) in [4.78, 5) is 1.16. The molecule has 3 rings (SSSR count). The van der Waals surface area contributed by atoms with Gasteiger partial charge in [0.25, 0.3) is 0 Å². The number of nitrogens with zero attached hydrogens (tertiary/aromatic N) is 3. The zero-order valence-corrected chi connectivity index (χ0v) is 16.1. The highest BCUT2D eigenvalue weighted by Gasteiger charge is 2.18. The monoisotopic (exact) mass is 367 g/mol. The van der Waals surface area contributed by atoms with E-state index in [1.165, 1.54) is 0 Å². The average Bonchev–Trinajstić information content (AvgIpc) is 3.11. The van der Waals surface area contributed by atoms with E-state index in [9.17, 15) is 0 Å². The van der Waals surface area contributed by atoms with Gasteiger partial charge in [0.1, 0.15) is 0 Å².